The van der Waals surface area contributed by atoms with E-state index in [9.17, 15) is 4.79 Å². The van der Waals surface area contributed by atoms with Gasteiger partial charge in [0.05, 0.1) is 19.3 Å². The molecule has 0 aliphatic rings. The molecule has 1 aromatic heterocycles. The number of carbonyl (C=O) groups is 1. The van der Waals surface area contributed by atoms with Gasteiger partial charge in [-0.15, -0.1) is 11.3 Å². The van der Waals surface area contributed by atoms with Crippen LogP contribution in [0.15, 0.2) is 53.9 Å². The first kappa shape index (κ1) is 20.9. The Morgan fingerprint density at radius 3 is 2.41 bits per heavy atom. The highest BCUT2D eigenvalue weighted by molar-refractivity contribution is 7.09. The summed E-state index contributed by atoms with van der Waals surface area (Å²) in [5, 5.41) is 2.89. The summed E-state index contributed by atoms with van der Waals surface area (Å²) in [4.78, 5) is 19.4. The topological polar surface area (TPSA) is 51.7 Å². The van der Waals surface area contributed by atoms with Crippen LogP contribution in [0.5, 0.6) is 11.5 Å². The normalized spacial score (nSPS) is 10.6. The summed E-state index contributed by atoms with van der Waals surface area (Å²) in [7, 11) is 1.61. The second kappa shape index (κ2) is 10.1. The van der Waals surface area contributed by atoms with E-state index < -0.39 is 0 Å². The Kier molecular flexibility index (Phi) is 7.25. The average Bonchev–Trinajstić information content (AvgIpc) is 3.20. The van der Waals surface area contributed by atoms with Crippen molar-refractivity contribution in [2.24, 2.45) is 0 Å². The zero-order valence-electron chi connectivity index (χ0n) is 17.1. The predicted octanol–water partition coefficient (Wildman–Crippen LogP) is 5.09. The molecule has 29 heavy (non-hydrogen) atoms. The molecule has 6 heteroatoms. The third-order valence-corrected chi connectivity index (χ3v) is 5.32. The van der Waals surface area contributed by atoms with Crippen LogP contribution in [0.3, 0.4) is 0 Å². The Balaban J connectivity index is 1.62. The van der Waals surface area contributed by atoms with Gasteiger partial charge < -0.3 is 14.4 Å². The van der Waals surface area contributed by atoms with Crippen LogP contribution in [0.25, 0.3) is 0 Å². The van der Waals surface area contributed by atoms with E-state index in [1.54, 1.807) is 42.7 Å². The highest BCUT2D eigenvalue weighted by Crippen LogP contribution is 2.19. The molecule has 3 rings (SSSR count). The second-order valence-corrected chi connectivity index (χ2v) is 7.73. The first-order chi connectivity index (χ1) is 14.1. The molecule has 0 saturated carbocycles. The summed E-state index contributed by atoms with van der Waals surface area (Å²) in [6.45, 7) is 5.70. The maximum atomic E-state index is 12.9. The number of benzene rings is 2. The lowest BCUT2D eigenvalue weighted by molar-refractivity contribution is 0.0741. The number of carbonyl (C=O) groups excluding carboxylic acids is 1. The molecular formula is C23H26N2O3S. The first-order valence-electron chi connectivity index (χ1n) is 9.65. The van der Waals surface area contributed by atoms with Crippen LogP contribution >= 0.6 is 11.3 Å². The third-order valence-electron chi connectivity index (χ3n) is 4.45. The van der Waals surface area contributed by atoms with Crippen molar-refractivity contribution in [2.75, 3.05) is 13.7 Å². The Bertz CT molecular complexity index is 920. The zero-order chi connectivity index (χ0) is 20.6. The summed E-state index contributed by atoms with van der Waals surface area (Å²) in [6.07, 6.45) is 0.884. The number of hydrogen-bond donors (Lipinski definition) is 0. The van der Waals surface area contributed by atoms with Crippen molar-refractivity contribution < 1.29 is 14.3 Å². The molecular weight excluding hydrogens is 384 g/mol. The number of rotatable bonds is 9. The molecule has 0 fully saturated rings. The van der Waals surface area contributed by atoms with Crippen molar-refractivity contribution in [3.8, 4) is 11.5 Å². The molecule has 0 unspecified atom stereocenters. The summed E-state index contributed by atoms with van der Waals surface area (Å²) in [5.74, 6) is 1.57. The molecule has 0 saturated heterocycles. The molecule has 0 bridgehead atoms. The van der Waals surface area contributed by atoms with Gasteiger partial charge in [-0.05, 0) is 49.7 Å². The van der Waals surface area contributed by atoms with Crippen LogP contribution in [0, 0.1) is 6.92 Å². The number of hydrogen-bond acceptors (Lipinski definition) is 5. The van der Waals surface area contributed by atoms with Gasteiger partial charge in [0, 0.05) is 17.5 Å². The highest BCUT2D eigenvalue weighted by atomic mass is 32.1. The van der Waals surface area contributed by atoms with Gasteiger partial charge in [-0.25, -0.2) is 4.98 Å². The molecule has 0 N–H and O–H groups in total. The fourth-order valence-electron chi connectivity index (χ4n) is 2.90. The van der Waals surface area contributed by atoms with Crippen LogP contribution in [-0.2, 0) is 13.2 Å². The molecule has 5 nitrogen and oxygen atoms in total. The van der Waals surface area contributed by atoms with Crippen molar-refractivity contribution in [3.63, 3.8) is 0 Å². The zero-order valence-corrected chi connectivity index (χ0v) is 17.9. The highest BCUT2D eigenvalue weighted by Gasteiger charge is 2.17. The van der Waals surface area contributed by atoms with Gasteiger partial charge in [0.25, 0.3) is 5.91 Å². The molecule has 1 heterocycles. The molecule has 0 aliphatic heterocycles. The van der Waals surface area contributed by atoms with E-state index >= 15 is 0 Å². The van der Waals surface area contributed by atoms with Crippen molar-refractivity contribution in [1.29, 1.82) is 0 Å². The van der Waals surface area contributed by atoms with Crippen LogP contribution in [-0.4, -0.2) is 29.4 Å². The lowest BCUT2D eigenvalue weighted by Gasteiger charge is -2.21. The SMILES string of the molecule is CCCN(Cc1csc(COc2ccc(C)cc2)n1)C(=O)c1ccc(OC)cc1. The molecule has 1 amide bonds. The number of methoxy groups -OCH3 is 1. The Morgan fingerprint density at radius 2 is 1.76 bits per heavy atom. The Hall–Kier alpha value is -2.86. The van der Waals surface area contributed by atoms with Gasteiger partial charge in [-0.1, -0.05) is 24.6 Å². The fourth-order valence-corrected chi connectivity index (χ4v) is 3.60. The summed E-state index contributed by atoms with van der Waals surface area (Å²) < 4.78 is 11.0. The van der Waals surface area contributed by atoms with Crippen LogP contribution < -0.4 is 9.47 Å². The molecule has 0 spiro atoms. The number of aromatic nitrogens is 1. The van der Waals surface area contributed by atoms with Gasteiger partial charge in [-0.3, -0.25) is 4.79 Å². The van der Waals surface area contributed by atoms with Gasteiger partial charge >= 0.3 is 0 Å². The van der Waals surface area contributed by atoms with Crippen LogP contribution in [0.1, 0.15) is 40.0 Å². The standard InChI is InChI=1S/C23H26N2O3S/c1-4-13-25(23(26)18-7-11-20(27-3)12-8-18)14-19-16-29-22(24-19)15-28-21-9-5-17(2)6-10-21/h5-12,16H,4,13-15H2,1-3H3. The predicted molar refractivity (Wildman–Crippen MR) is 116 cm³/mol. The van der Waals surface area contributed by atoms with E-state index in [2.05, 4.69) is 11.9 Å². The molecule has 0 aliphatic carbocycles. The number of nitrogens with zero attached hydrogens (tertiary/aromatic N) is 2. The molecule has 0 atom stereocenters. The largest absolute Gasteiger partial charge is 0.497 e. The second-order valence-electron chi connectivity index (χ2n) is 6.79. The van der Waals surface area contributed by atoms with E-state index in [4.69, 9.17) is 9.47 Å². The lowest BCUT2D eigenvalue weighted by atomic mass is 10.2. The van der Waals surface area contributed by atoms with E-state index in [0.717, 1.165) is 28.6 Å². The fraction of sp³-hybridized carbons (Fsp3) is 0.304. The quantitative estimate of drug-likeness (QED) is 0.493. The Morgan fingerprint density at radius 1 is 1.07 bits per heavy atom. The van der Waals surface area contributed by atoms with Gasteiger partial charge in [0.1, 0.15) is 23.1 Å². The van der Waals surface area contributed by atoms with E-state index in [-0.39, 0.29) is 5.91 Å². The van der Waals surface area contributed by atoms with E-state index in [1.807, 2.05) is 41.5 Å². The van der Waals surface area contributed by atoms with E-state index in [0.29, 0.717) is 25.3 Å². The monoisotopic (exact) mass is 410 g/mol. The minimum absolute atomic E-state index is 0.0000385. The van der Waals surface area contributed by atoms with Crippen LogP contribution in [0.4, 0.5) is 0 Å². The summed E-state index contributed by atoms with van der Waals surface area (Å²) in [5.41, 5.74) is 2.73. The van der Waals surface area contributed by atoms with Crippen molar-refractivity contribution in [2.45, 2.75) is 33.4 Å². The van der Waals surface area contributed by atoms with Gasteiger partial charge in [0.2, 0.25) is 0 Å². The molecule has 2 aromatic carbocycles. The van der Waals surface area contributed by atoms with Crippen LogP contribution in [0.2, 0.25) is 0 Å². The minimum Gasteiger partial charge on any atom is -0.497 e. The van der Waals surface area contributed by atoms with Crippen molar-refractivity contribution in [1.82, 2.24) is 9.88 Å². The molecule has 3 aromatic rings. The van der Waals surface area contributed by atoms with Gasteiger partial charge in [0.15, 0.2) is 0 Å². The first-order valence-corrected chi connectivity index (χ1v) is 10.5. The smallest absolute Gasteiger partial charge is 0.254 e. The average molecular weight is 411 g/mol. The minimum atomic E-state index is -0.0000385. The third kappa shape index (κ3) is 5.81. The lowest BCUT2D eigenvalue weighted by Crippen LogP contribution is -2.31. The number of amides is 1. The Labute approximate surface area is 175 Å². The molecule has 152 valence electrons. The van der Waals surface area contributed by atoms with Gasteiger partial charge in [-0.2, -0.15) is 0 Å². The maximum Gasteiger partial charge on any atom is 0.254 e. The summed E-state index contributed by atoms with van der Waals surface area (Å²) >= 11 is 1.55. The summed E-state index contributed by atoms with van der Waals surface area (Å²) in [6, 6.07) is 15.2. The maximum absolute atomic E-state index is 12.9. The number of ether oxygens (including phenoxy) is 2. The number of aryl methyl sites for hydroxylation is 1. The van der Waals surface area contributed by atoms with Crippen molar-refractivity contribution in [3.05, 3.63) is 75.7 Å². The number of thiazole rings is 1. The molecule has 0 radical (unpaired) electrons. The van der Waals surface area contributed by atoms with Crippen molar-refractivity contribution >= 4 is 17.2 Å². The van der Waals surface area contributed by atoms with E-state index in [1.165, 1.54) is 5.56 Å².